The van der Waals surface area contributed by atoms with Crippen LogP contribution in [0.3, 0.4) is 0 Å². The summed E-state index contributed by atoms with van der Waals surface area (Å²) >= 11 is 0. The number of aromatic nitrogens is 2. The van der Waals surface area contributed by atoms with Crippen LogP contribution in [0.1, 0.15) is 11.3 Å². The zero-order valence-electron chi connectivity index (χ0n) is 16.3. The van der Waals surface area contributed by atoms with E-state index in [1.807, 2.05) is 0 Å². The molecule has 1 N–H and O–H groups in total. The molecule has 0 radical (unpaired) electrons. The fourth-order valence-electron chi connectivity index (χ4n) is 3.49. The van der Waals surface area contributed by atoms with Crippen LogP contribution < -0.4 is 5.56 Å². The van der Waals surface area contributed by atoms with Crippen LogP contribution in [-0.2, 0) is 27.6 Å². The highest BCUT2D eigenvalue weighted by Gasteiger charge is 2.22. The van der Waals surface area contributed by atoms with Crippen molar-refractivity contribution in [1.29, 1.82) is 0 Å². The van der Waals surface area contributed by atoms with E-state index in [9.17, 15) is 18.0 Å². The van der Waals surface area contributed by atoms with E-state index < -0.39 is 27.9 Å². The average molecular weight is 434 g/mol. The van der Waals surface area contributed by atoms with Gasteiger partial charge in [-0.15, -0.1) is 0 Å². The zero-order valence-corrected chi connectivity index (χ0v) is 17.1. The van der Waals surface area contributed by atoms with Crippen molar-refractivity contribution in [3.05, 3.63) is 100 Å². The molecule has 31 heavy (non-hydrogen) atoms. The van der Waals surface area contributed by atoms with Gasteiger partial charge < -0.3 is 5.11 Å². The van der Waals surface area contributed by atoms with Crippen LogP contribution in [0.25, 0.3) is 10.8 Å². The smallest absolute Gasteiger partial charge is 0.325 e. The maximum Gasteiger partial charge on any atom is 0.325 e. The molecule has 3 aromatic carbocycles. The van der Waals surface area contributed by atoms with Gasteiger partial charge in [0.25, 0.3) is 5.56 Å². The maximum atomic E-state index is 13.2. The fourth-order valence-corrected chi connectivity index (χ4v) is 5.00. The van der Waals surface area contributed by atoms with Gasteiger partial charge in [-0.1, -0.05) is 54.6 Å². The van der Waals surface area contributed by atoms with Crippen molar-refractivity contribution < 1.29 is 18.3 Å². The summed E-state index contributed by atoms with van der Waals surface area (Å²) in [7, 11) is -3.77. The van der Waals surface area contributed by atoms with Crippen molar-refractivity contribution in [1.82, 2.24) is 9.78 Å². The number of fused-ring (bicyclic) bond motifs is 1. The van der Waals surface area contributed by atoms with E-state index in [0.717, 1.165) is 4.68 Å². The van der Waals surface area contributed by atoms with E-state index in [1.165, 1.54) is 18.2 Å². The van der Waals surface area contributed by atoms with E-state index in [2.05, 4.69) is 5.10 Å². The van der Waals surface area contributed by atoms with Crippen molar-refractivity contribution in [3.8, 4) is 0 Å². The van der Waals surface area contributed by atoms with Gasteiger partial charge in [0.1, 0.15) is 6.54 Å². The molecule has 0 aliphatic heterocycles. The molecular weight excluding hydrogens is 416 g/mol. The number of carboxylic acids is 1. The molecule has 0 saturated heterocycles. The van der Waals surface area contributed by atoms with Gasteiger partial charge in [0.2, 0.25) is 9.84 Å². The largest absolute Gasteiger partial charge is 0.480 e. The second-order valence-electron chi connectivity index (χ2n) is 6.95. The highest BCUT2D eigenvalue weighted by Crippen LogP contribution is 2.26. The highest BCUT2D eigenvalue weighted by molar-refractivity contribution is 7.91. The van der Waals surface area contributed by atoms with Crippen LogP contribution in [0, 0.1) is 0 Å². The van der Waals surface area contributed by atoms with Gasteiger partial charge in [0.15, 0.2) is 0 Å². The summed E-state index contributed by atoms with van der Waals surface area (Å²) < 4.78 is 27.3. The van der Waals surface area contributed by atoms with E-state index in [-0.39, 0.29) is 16.2 Å². The number of aliphatic carboxylic acids is 1. The summed E-state index contributed by atoms with van der Waals surface area (Å²) in [4.78, 5) is 24.1. The number of sulfone groups is 1. The molecule has 7 nitrogen and oxygen atoms in total. The Morgan fingerprint density at radius 3 is 2.19 bits per heavy atom. The SMILES string of the molecule is O=C(O)Cn1nc(Cc2ccccc2S(=O)(=O)c2ccccc2)c2ccccc2c1=O. The third-order valence-corrected chi connectivity index (χ3v) is 6.77. The number of rotatable bonds is 6. The molecule has 0 aliphatic rings. The molecule has 0 atom stereocenters. The van der Waals surface area contributed by atoms with E-state index in [1.54, 1.807) is 60.7 Å². The first-order valence-electron chi connectivity index (χ1n) is 9.46. The maximum absolute atomic E-state index is 13.2. The van der Waals surface area contributed by atoms with Crippen molar-refractivity contribution in [2.75, 3.05) is 0 Å². The second kappa shape index (κ2) is 8.16. The van der Waals surface area contributed by atoms with Gasteiger partial charge in [-0.05, 0) is 29.8 Å². The van der Waals surface area contributed by atoms with Gasteiger partial charge >= 0.3 is 5.97 Å². The minimum absolute atomic E-state index is 0.114. The van der Waals surface area contributed by atoms with Gasteiger partial charge in [-0.3, -0.25) is 9.59 Å². The van der Waals surface area contributed by atoms with Crippen LogP contribution in [0.5, 0.6) is 0 Å². The molecule has 0 amide bonds. The number of carboxylic acid groups (broad SMARTS) is 1. The first kappa shape index (κ1) is 20.5. The number of hydrogen-bond donors (Lipinski definition) is 1. The minimum Gasteiger partial charge on any atom is -0.480 e. The van der Waals surface area contributed by atoms with Crippen molar-refractivity contribution >= 4 is 26.6 Å². The Kier molecular flexibility index (Phi) is 5.39. The molecule has 1 aromatic heterocycles. The molecule has 4 aromatic rings. The zero-order chi connectivity index (χ0) is 22.0. The van der Waals surface area contributed by atoms with Crippen LogP contribution >= 0.6 is 0 Å². The minimum atomic E-state index is -3.77. The number of benzene rings is 3. The molecule has 0 spiro atoms. The molecule has 0 aliphatic carbocycles. The Bertz CT molecular complexity index is 1440. The molecule has 156 valence electrons. The second-order valence-corrected chi connectivity index (χ2v) is 8.87. The summed E-state index contributed by atoms with van der Waals surface area (Å²) in [5.41, 5.74) is 0.420. The normalized spacial score (nSPS) is 11.5. The van der Waals surface area contributed by atoms with E-state index in [4.69, 9.17) is 5.11 Å². The molecule has 0 saturated carbocycles. The predicted molar refractivity (Wildman–Crippen MR) is 115 cm³/mol. The molecule has 1 heterocycles. The van der Waals surface area contributed by atoms with Crippen LogP contribution in [0.4, 0.5) is 0 Å². The highest BCUT2D eigenvalue weighted by atomic mass is 32.2. The predicted octanol–water partition coefficient (Wildman–Crippen LogP) is 2.90. The molecule has 0 bridgehead atoms. The lowest BCUT2D eigenvalue weighted by molar-refractivity contribution is -0.138. The standard InChI is InChI=1S/C23H18N2O5S/c26-22(27)15-25-23(28)19-12-6-5-11-18(19)20(24-25)14-16-8-4-7-13-21(16)31(29,30)17-9-2-1-3-10-17/h1-13H,14-15H2,(H,26,27). The number of carbonyl (C=O) groups is 1. The fraction of sp³-hybridized carbons (Fsp3) is 0.0870. The van der Waals surface area contributed by atoms with Gasteiger partial charge in [-0.25, -0.2) is 13.1 Å². The van der Waals surface area contributed by atoms with Gasteiger partial charge in [0, 0.05) is 11.8 Å². The van der Waals surface area contributed by atoms with Crippen LogP contribution in [0.2, 0.25) is 0 Å². The van der Waals surface area contributed by atoms with Gasteiger partial charge in [-0.2, -0.15) is 5.10 Å². The molecule has 4 rings (SSSR count). The molecule has 8 heteroatoms. The van der Waals surface area contributed by atoms with Crippen molar-refractivity contribution in [2.24, 2.45) is 0 Å². The van der Waals surface area contributed by atoms with E-state index >= 15 is 0 Å². The number of nitrogens with zero attached hydrogens (tertiary/aromatic N) is 2. The van der Waals surface area contributed by atoms with Crippen molar-refractivity contribution in [3.63, 3.8) is 0 Å². The molecule has 0 unspecified atom stereocenters. The third kappa shape index (κ3) is 3.97. The van der Waals surface area contributed by atoms with E-state index in [0.29, 0.717) is 22.0 Å². The summed E-state index contributed by atoms with van der Waals surface area (Å²) in [5.74, 6) is -1.19. The molecular formula is C23H18N2O5S. The lowest BCUT2D eigenvalue weighted by Gasteiger charge is -2.13. The van der Waals surface area contributed by atoms with Crippen molar-refractivity contribution in [2.45, 2.75) is 22.8 Å². The molecule has 0 fully saturated rings. The Hall–Kier alpha value is -3.78. The van der Waals surface area contributed by atoms with Crippen LogP contribution in [0.15, 0.2) is 93.4 Å². The number of hydrogen-bond acceptors (Lipinski definition) is 5. The Labute approximate surface area is 178 Å². The van der Waals surface area contributed by atoms with Gasteiger partial charge in [0.05, 0.1) is 20.9 Å². The summed E-state index contributed by atoms with van der Waals surface area (Å²) in [5, 5.41) is 14.3. The first-order valence-corrected chi connectivity index (χ1v) is 10.9. The third-order valence-electron chi connectivity index (χ3n) is 4.90. The summed E-state index contributed by atoms with van der Waals surface area (Å²) in [6.45, 7) is -0.583. The summed E-state index contributed by atoms with van der Waals surface area (Å²) in [6.07, 6.45) is 0.114. The monoisotopic (exact) mass is 434 g/mol. The lowest BCUT2D eigenvalue weighted by atomic mass is 10.0. The van der Waals surface area contributed by atoms with Crippen LogP contribution in [-0.4, -0.2) is 29.3 Å². The Morgan fingerprint density at radius 2 is 1.48 bits per heavy atom. The lowest BCUT2D eigenvalue weighted by Crippen LogP contribution is -2.28. The Morgan fingerprint density at radius 1 is 0.871 bits per heavy atom. The quantitative estimate of drug-likeness (QED) is 0.500. The first-order chi connectivity index (χ1) is 14.9. The average Bonchev–Trinajstić information content (AvgIpc) is 2.77. The Balaban J connectivity index is 1.88. The topological polar surface area (TPSA) is 106 Å². The summed E-state index contributed by atoms with van der Waals surface area (Å²) in [6, 6.07) is 21.5.